The first kappa shape index (κ1) is 27.7. The highest BCUT2D eigenvalue weighted by molar-refractivity contribution is 7.90. The molecule has 10 heteroatoms. The number of benzene rings is 2. The minimum atomic E-state index is -3.28. The van der Waals surface area contributed by atoms with Crippen LogP contribution in [-0.4, -0.2) is 53.5 Å². The molecule has 39 heavy (non-hydrogen) atoms. The van der Waals surface area contributed by atoms with Crippen LogP contribution in [0.1, 0.15) is 35.7 Å². The molecule has 0 fully saturated rings. The zero-order valence-corrected chi connectivity index (χ0v) is 22.6. The van der Waals surface area contributed by atoms with Crippen LogP contribution in [0.15, 0.2) is 77.9 Å². The second kappa shape index (κ2) is 11.2. The fourth-order valence-corrected chi connectivity index (χ4v) is 4.75. The first-order valence-corrected chi connectivity index (χ1v) is 14.4. The number of carbonyl (C=O) groups excluding carboxylic acids is 1. The van der Waals surface area contributed by atoms with Crippen LogP contribution >= 0.6 is 0 Å². The maximum Gasteiger partial charge on any atom is 0.306 e. The number of rotatable bonds is 9. The number of pyridine rings is 2. The van der Waals surface area contributed by atoms with Gasteiger partial charge in [0, 0.05) is 30.9 Å². The van der Waals surface area contributed by atoms with E-state index in [1.807, 2.05) is 55.5 Å². The number of carboxylic acid groups (broad SMARTS) is 1. The van der Waals surface area contributed by atoms with Crippen LogP contribution in [0.2, 0.25) is 0 Å². The zero-order chi connectivity index (χ0) is 28.3. The number of hydrogen-bond donors (Lipinski definition) is 2. The lowest BCUT2D eigenvalue weighted by Crippen LogP contribution is -2.33. The highest BCUT2D eigenvalue weighted by Crippen LogP contribution is 2.28. The maximum atomic E-state index is 13.1. The van der Waals surface area contributed by atoms with Crippen molar-refractivity contribution in [2.24, 2.45) is 5.92 Å². The summed E-state index contributed by atoms with van der Waals surface area (Å²) < 4.78 is 24.5. The van der Waals surface area contributed by atoms with Gasteiger partial charge >= 0.3 is 5.97 Å². The van der Waals surface area contributed by atoms with Crippen molar-refractivity contribution in [1.29, 1.82) is 0 Å². The van der Waals surface area contributed by atoms with Gasteiger partial charge in [-0.2, -0.15) is 0 Å². The van der Waals surface area contributed by atoms with E-state index in [9.17, 15) is 27.9 Å². The Bertz CT molecular complexity index is 1710. The van der Waals surface area contributed by atoms with Crippen molar-refractivity contribution in [3.8, 4) is 16.8 Å². The van der Waals surface area contributed by atoms with Gasteiger partial charge in [0.1, 0.15) is 21.0 Å². The highest BCUT2D eigenvalue weighted by Gasteiger charge is 2.21. The Balaban J connectivity index is 1.72. The zero-order valence-electron chi connectivity index (χ0n) is 21.8. The molecule has 2 aromatic carbocycles. The van der Waals surface area contributed by atoms with E-state index in [1.165, 1.54) is 6.20 Å². The minimum absolute atomic E-state index is 0.114. The summed E-state index contributed by atoms with van der Waals surface area (Å²) >= 11 is 0. The van der Waals surface area contributed by atoms with Crippen LogP contribution < -0.4 is 10.7 Å². The van der Waals surface area contributed by atoms with E-state index in [1.54, 1.807) is 29.8 Å². The van der Waals surface area contributed by atoms with Crippen molar-refractivity contribution in [1.82, 2.24) is 14.9 Å². The lowest BCUT2D eigenvalue weighted by molar-refractivity contribution is -0.141. The van der Waals surface area contributed by atoms with Gasteiger partial charge in [0.2, 0.25) is 5.43 Å². The molecule has 202 valence electrons. The number of carboxylic acids is 1. The Morgan fingerprint density at radius 3 is 2.41 bits per heavy atom. The van der Waals surface area contributed by atoms with Crippen LogP contribution in [0.25, 0.3) is 27.8 Å². The summed E-state index contributed by atoms with van der Waals surface area (Å²) in [5, 5.41) is 12.1. The summed E-state index contributed by atoms with van der Waals surface area (Å²) in [5.41, 5.74) is 3.13. The number of aromatic nitrogens is 2. The lowest BCUT2D eigenvalue weighted by Gasteiger charge is -2.17. The molecule has 9 nitrogen and oxygen atoms in total. The molecule has 2 aromatic heterocycles. The van der Waals surface area contributed by atoms with Crippen molar-refractivity contribution < 1.29 is 23.1 Å². The molecule has 0 aliphatic rings. The topological polar surface area (TPSA) is 135 Å². The van der Waals surface area contributed by atoms with Crippen molar-refractivity contribution in [3.63, 3.8) is 0 Å². The fourth-order valence-electron chi connectivity index (χ4n) is 4.28. The van der Waals surface area contributed by atoms with Gasteiger partial charge in [-0.15, -0.1) is 0 Å². The standard InChI is InChI=1S/C29H29N3O6S/c1-18(19(2)29(35)36)20-9-11-21(12-10-20)22-6-4-7-23(16-22)32-17-25(28(34)31-14-15-39(3,37)38)26(33)24-8-5-13-30-27(24)32/h4-13,16-19H,14-15H2,1-3H3,(H,31,34)(H,35,36)/t18?,19-/m1/s1. The number of amides is 1. The second-order valence-corrected chi connectivity index (χ2v) is 11.8. The number of carbonyl (C=O) groups is 2. The van der Waals surface area contributed by atoms with Gasteiger partial charge in [-0.3, -0.25) is 14.4 Å². The quantitative estimate of drug-likeness (QED) is 0.326. The Labute approximate surface area is 226 Å². The Hall–Kier alpha value is -4.31. The molecular weight excluding hydrogens is 518 g/mol. The van der Waals surface area contributed by atoms with E-state index in [0.717, 1.165) is 22.9 Å². The smallest absolute Gasteiger partial charge is 0.306 e. The van der Waals surface area contributed by atoms with Crippen LogP contribution in [-0.2, 0) is 14.6 Å². The summed E-state index contributed by atoms with van der Waals surface area (Å²) in [6.45, 7) is 3.46. The van der Waals surface area contributed by atoms with Gasteiger partial charge in [0.15, 0.2) is 0 Å². The summed E-state index contributed by atoms with van der Waals surface area (Å²) in [6, 6.07) is 18.4. The van der Waals surface area contributed by atoms with E-state index in [4.69, 9.17) is 0 Å². The van der Waals surface area contributed by atoms with E-state index < -0.39 is 33.1 Å². The molecule has 1 amide bonds. The molecule has 2 heterocycles. The molecule has 0 bridgehead atoms. The van der Waals surface area contributed by atoms with Gasteiger partial charge in [0.05, 0.1) is 17.1 Å². The third-order valence-electron chi connectivity index (χ3n) is 6.80. The van der Waals surface area contributed by atoms with Crippen LogP contribution in [0.3, 0.4) is 0 Å². The van der Waals surface area contributed by atoms with E-state index in [0.29, 0.717) is 11.3 Å². The summed E-state index contributed by atoms with van der Waals surface area (Å²) in [4.78, 5) is 41.7. The van der Waals surface area contributed by atoms with Gasteiger partial charge in [-0.25, -0.2) is 13.4 Å². The summed E-state index contributed by atoms with van der Waals surface area (Å²) in [7, 11) is -3.28. The molecule has 0 radical (unpaired) electrons. The molecular formula is C29H29N3O6S. The third kappa shape index (κ3) is 6.23. The predicted octanol–water partition coefficient (Wildman–Crippen LogP) is 3.65. The molecule has 2 N–H and O–H groups in total. The molecule has 4 rings (SSSR count). The Morgan fingerprint density at radius 1 is 1.03 bits per heavy atom. The van der Waals surface area contributed by atoms with Gasteiger partial charge < -0.3 is 15.0 Å². The third-order valence-corrected chi connectivity index (χ3v) is 7.74. The van der Waals surface area contributed by atoms with E-state index >= 15 is 0 Å². The normalized spacial score (nSPS) is 13.1. The van der Waals surface area contributed by atoms with Crippen molar-refractivity contribution in [2.45, 2.75) is 19.8 Å². The largest absolute Gasteiger partial charge is 0.481 e. The van der Waals surface area contributed by atoms with Crippen molar-refractivity contribution >= 4 is 32.7 Å². The number of fused-ring (bicyclic) bond motifs is 1. The van der Waals surface area contributed by atoms with Crippen LogP contribution in [0.4, 0.5) is 0 Å². The maximum absolute atomic E-state index is 13.1. The summed E-state index contributed by atoms with van der Waals surface area (Å²) in [5.74, 6) is -2.41. The van der Waals surface area contributed by atoms with Gasteiger partial charge in [-0.05, 0) is 46.9 Å². The first-order chi connectivity index (χ1) is 18.5. The predicted molar refractivity (Wildman–Crippen MR) is 150 cm³/mol. The highest BCUT2D eigenvalue weighted by atomic mass is 32.2. The first-order valence-electron chi connectivity index (χ1n) is 12.4. The van der Waals surface area contributed by atoms with Crippen molar-refractivity contribution in [2.75, 3.05) is 18.6 Å². The molecule has 0 spiro atoms. The Morgan fingerprint density at radius 2 is 1.74 bits per heavy atom. The molecule has 1 unspecified atom stereocenters. The number of nitrogens with one attached hydrogen (secondary N) is 1. The molecule has 0 saturated carbocycles. The molecule has 0 aliphatic heterocycles. The van der Waals surface area contributed by atoms with Crippen molar-refractivity contribution in [3.05, 3.63) is 94.4 Å². The molecule has 0 saturated heterocycles. The van der Waals surface area contributed by atoms with Crippen LogP contribution in [0.5, 0.6) is 0 Å². The molecule has 0 aliphatic carbocycles. The SMILES string of the molecule is CC(c1ccc(-c2cccc(-n3cc(C(=O)NCCS(C)(=O)=O)c(=O)c4cccnc43)c2)cc1)[C@@H](C)C(=O)O. The average Bonchev–Trinajstić information content (AvgIpc) is 2.92. The monoisotopic (exact) mass is 547 g/mol. The number of aliphatic carboxylic acids is 1. The lowest BCUT2D eigenvalue weighted by atomic mass is 9.88. The van der Waals surface area contributed by atoms with Gasteiger partial charge in [0.25, 0.3) is 5.91 Å². The molecule has 2 atom stereocenters. The molecule has 4 aromatic rings. The van der Waals surface area contributed by atoms with Gasteiger partial charge in [-0.1, -0.05) is 50.2 Å². The second-order valence-electron chi connectivity index (χ2n) is 9.59. The average molecular weight is 548 g/mol. The fraction of sp³-hybridized carbons (Fsp3) is 0.241. The Kier molecular flexibility index (Phi) is 7.96. The summed E-state index contributed by atoms with van der Waals surface area (Å²) in [6.07, 6.45) is 4.06. The minimum Gasteiger partial charge on any atom is -0.481 e. The van der Waals surface area contributed by atoms with E-state index in [2.05, 4.69) is 10.3 Å². The van der Waals surface area contributed by atoms with E-state index in [-0.39, 0.29) is 29.2 Å². The number of nitrogens with zero attached hydrogens (tertiary/aromatic N) is 2. The number of sulfone groups is 1. The van der Waals surface area contributed by atoms with Crippen LogP contribution in [0, 0.1) is 5.92 Å². The number of hydrogen-bond acceptors (Lipinski definition) is 6.